The number of hydrogen-bond acceptors (Lipinski definition) is 4. The van der Waals surface area contributed by atoms with E-state index in [1.165, 1.54) is 0 Å². The van der Waals surface area contributed by atoms with Crippen LogP contribution in [0.1, 0.15) is 19.4 Å². The predicted octanol–water partition coefficient (Wildman–Crippen LogP) is 0.470. The van der Waals surface area contributed by atoms with Crippen LogP contribution in [0.4, 0.5) is 0 Å². The molecule has 0 aromatic carbocycles. The minimum Gasteiger partial charge on any atom is -0.409 e. The van der Waals surface area contributed by atoms with E-state index in [1.54, 1.807) is 0 Å². The van der Waals surface area contributed by atoms with Crippen LogP contribution in [0.15, 0.2) is 17.5 Å². The number of aryl methyl sites for hydroxylation is 1. The molecule has 0 saturated heterocycles. The molecule has 0 amide bonds. The summed E-state index contributed by atoms with van der Waals surface area (Å²) in [4.78, 5) is 1.99. The van der Waals surface area contributed by atoms with Crippen molar-refractivity contribution >= 4 is 5.84 Å². The van der Waals surface area contributed by atoms with Crippen LogP contribution >= 0.6 is 0 Å². The Bertz CT molecular complexity index is 360. The molecule has 1 aromatic heterocycles. The first-order valence-electron chi connectivity index (χ1n) is 5.27. The van der Waals surface area contributed by atoms with Gasteiger partial charge in [-0.3, -0.25) is 9.58 Å². The van der Waals surface area contributed by atoms with Crippen LogP contribution in [0.5, 0.6) is 0 Å². The van der Waals surface area contributed by atoms with Crippen molar-refractivity contribution in [1.82, 2.24) is 14.7 Å². The number of likely N-dealkylation sites (N-methyl/N-ethyl adjacent to an activating group) is 1. The van der Waals surface area contributed by atoms with Gasteiger partial charge in [0.2, 0.25) is 0 Å². The second-order valence-electron chi connectivity index (χ2n) is 3.82. The summed E-state index contributed by atoms with van der Waals surface area (Å²) in [5, 5.41) is 15.8. The molecular weight excluding hydrogens is 206 g/mol. The summed E-state index contributed by atoms with van der Waals surface area (Å²) in [7, 11) is 1.92. The van der Waals surface area contributed by atoms with Crippen molar-refractivity contribution < 1.29 is 5.21 Å². The van der Waals surface area contributed by atoms with Gasteiger partial charge in [0.25, 0.3) is 0 Å². The van der Waals surface area contributed by atoms with Crippen LogP contribution in [0.2, 0.25) is 0 Å². The van der Waals surface area contributed by atoms with Gasteiger partial charge in [-0.15, -0.1) is 0 Å². The molecule has 0 spiro atoms. The highest BCUT2D eigenvalue weighted by atomic mass is 16.4. The van der Waals surface area contributed by atoms with Crippen molar-refractivity contribution in [3.8, 4) is 0 Å². The van der Waals surface area contributed by atoms with Crippen LogP contribution in [0, 0.1) is 0 Å². The van der Waals surface area contributed by atoms with E-state index in [2.05, 4.69) is 10.3 Å². The van der Waals surface area contributed by atoms with Gasteiger partial charge in [-0.05, 0) is 20.9 Å². The molecule has 3 N–H and O–H groups in total. The highest BCUT2D eigenvalue weighted by Crippen LogP contribution is 2.05. The van der Waals surface area contributed by atoms with E-state index in [0.717, 1.165) is 18.7 Å². The number of hydrogen-bond donors (Lipinski definition) is 2. The van der Waals surface area contributed by atoms with Crippen LogP contribution in [0.25, 0.3) is 0 Å². The monoisotopic (exact) mass is 225 g/mol. The summed E-state index contributed by atoms with van der Waals surface area (Å²) >= 11 is 0. The van der Waals surface area contributed by atoms with E-state index in [0.29, 0.717) is 0 Å². The lowest BCUT2D eigenvalue weighted by Crippen LogP contribution is -2.39. The van der Waals surface area contributed by atoms with Gasteiger partial charge in [0.1, 0.15) is 0 Å². The van der Waals surface area contributed by atoms with E-state index in [4.69, 9.17) is 10.9 Å². The van der Waals surface area contributed by atoms with Gasteiger partial charge in [-0.25, -0.2) is 0 Å². The average molecular weight is 225 g/mol. The molecule has 1 heterocycles. The predicted molar refractivity (Wildman–Crippen MR) is 62.2 cm³/mol. The van der Waals surface area contributed by atoms with Crippen molar-refractivity contribution in [3.05, 3.63) is 18.0 Å². The Kier molecular flexibility index (Phi) is 4.30. The van der Waals surface area contributed by atoms with Crippen LogP contribution in [-0.2, 0) is 13.1 Å². The lowest BCUT2D eigenvalue weighted by atomic mass is 10.2. The zero-order valence-electron chi connectivity index (χ0n) is 9.96. The smallest absolute Gasteiger partial charge is 0.156 e. The van der Waals surface area contributed by atoms with E-state index in [-0.39, 0.29) is 11.9 Å². The molecule has 6 nitrogen and oxygen atoms in total. The molecule has 1 unspecified atom stereocenters. The third-order valence-corrected chi connectivity index (χ3v) is 2.65. The fourth-order valence-corrected chi connectivity index (χ4v) is 1.40. The van der Waals surface area contributed by atoms with E-state index >= 15 is 0 Å². The summed E-state index contributed by atoms with van der Waals surface area (Å²) in [5.74, 6) is 0.213. The second kappa shape index (κ2) is 5.50. The highest BCUT2D eigenvalue weighted by Gasteiger charge is 2.14. The molecule has 0 radical (unpaired) electrons. The Hall–Kier alpha value is -1.56. The molecule has 0 fully saturated rings. The lowest BCUT2D eigenvalue weighted by Gasteiger charge is -2.22. The third-order valence-electron chi connectivity index (χ3n) is 2.65. The van der Waals surface area contributed by atoms with Gasteiger partial charge in [-0.2, -0.15) is 5.10 Å². The molecule has 16 heavy (non-hydrogen) atoms. The van der Waals surface area contributed by atoms with Gasteiger partial charge in [0.15, 0.2) is 5.84 Å². The Morgan fingerprint density at radius 1 is 1.75 bits per heavy atom. The topological polar surface area (TPSA) is 79.7 Å². The normalized spacial score (nSPS) is 14.4. The molecule has 0 aliphatic carbocycles. The molecule has 0 bridgehead atoms. The summed E-state index contributed by atoms with van der Waals surface area (Å²) in [5.41, 5.74) is 6.65. The molecule has 1 atom stereocenters. The maximum absolute atomic E-state index is 8.58. The maximum atomic E-state index is 8.58. The number of aromatic nitrogens is 2. The zero-order chi connectivity index (χ0) is 12.1. The molecule has 6 heteroatoms. The van der Waals surface area contributed by atoms with Crippen molar-refractivity contribution in [2.75, 3.05) is 7.05 Å². The van der Waals surface area contributed by atoms with Crippen LogP contribution in [-0.4, -0.2) is 38.8 Å². The van der Waals surface area contributed by atoms with Crippen molar-refractivity contribution in [2.24, 2.45) is 10.9 Å². The molecule has 0 aliphatic rings. The van der Waals surface area contributed by atoms with Crippen LogP contribution < -0.4 is 5.73 Å². The minimum atomic E-state index is -0.102. The first-order chi connectivity index (χ1) is 7.58. The Morgan fingerprint density at radius 2 is 2.44 bits per heavy atom. The minimum absolute atomic E-state index is 0.102. The first-order valence-corrected chi connectivity index (χ1v) is 5.27. The lowest BCUT2D eigenvalue weighted by molar-refractivity contribution is 0.279. The maximum Gasteiger partial charge on any atom is 0.156 e. The molecule has 1 aromatic rings. The van der Waals surface area contributed by atoms with Crippen LogP contribution in [0.3, 0.4) is 0 Å². The quantitative estimate of drug-likeness (QED) is 0.330. The third kappa shape index (κ3) is 2.96. The Balaban J connectivity index is 2.60. The fourth-order valence-electron chi connectivity index (χ4n) is 1.40. The first kappa shape index (κ1) is 12.5. The number of rotatable bonds is 5. The van der Waals surface area contributed by atoms with E-state index in [9.17, 15) is 0 Å². The molecule has 0 aliphatic heterocycles. The van der Waals surface area contributed by atoms with Gasteiger partial charge < -0.3 is 10.9 Å². The largest absolute Gasteiger partial charge is 0.409 e. The van der Waals surface area contributed by atoms with E-state index in [1.807, 2.05) is 42.9 Å². The Morgan fingerprint density at radius 3 is 2.94 bits per heavy atom. The van der Waals surface area contributed by atoms with Gasteiger partial charge in [0, 0.05) is 24.8 Å². The van der Waals surface area contributed by atoms with Crippen molar-refractivity contribution in [2.45, 2.75) is 33.0 Å². The number of nitrogens with zero attached hydrogens (tertiary/aromatic N) is 4. The standard InChI is InChI=1S/C10H19N5O/c1-4-15-7-9(5-12-15)6-14(3)8(2)10(11)13-16/h5,7-8,16H,4,6H2,1-3H3,(H2,11,13). The Labute approximate surface area is 95.3 Å². The molecule has 90 valence electrons. The zero-order valence-corrected chi connectivity index (χ0v) is 9.96. The molecule has 0 saturated carbocycles. The SMILES string of the molecule is CCn1cc(CN(C)C(C)C(N)=NO)cn1. The van der Waals surface area contributed by atoms with Crippen molar-refractivity contribution in [3.63, 3.8) is 0 Å². The number of nitrogens with two attached hydrogens (primary N) is 1. The fraction of sp³-hybridized carbons (Fsp3) is 0.600. The summed E-state index contributed by atoms with van der Waals surface area (Å²) in [6.45, 7) is 5.51. The van der Waals surface area contributed by atoms with Gasteiger partial charge in [-0.1, -0.05) is 5.16 Å². The van der Waals surface area contributed by atoms with Gasteiger partial charge >= 0.3 is 0 Å². The summed E-state index contributed by atoms with van der Waals surface area (Å²) in [6.07, 6.45) is 3.83. The van der Waals surface area contributed by atoms with Crippen molar-refractivity contribution in [1.29, 1.82) is 0 Å². The van der Waals surface area contributed by atoms with Gasteiger partial charge in [0.05, 0.1) is 12.2 Å². The summed E-state index contributed by atoms with van der Waals surface area (Å²) in [6, 6.07) is -0.102. The summed E-state index contributed by atoms with van der Waals surface area (Å²) < 4.78 is 1.87. The highest BCUT2D eigenvalue weighted by molar-refractivity contribution is 5.84. The molecular formula is C10H19N5O. The number of oxime groups is 1. The second-order valence-corrected chi connectivity index (χ2v) is 3.82. The molecule has 1 rings (SSSR count). The number of amidine groups is 1. The average Bonchev–Trinajstić information content (AvgIpc) is 2.74. The van der Waals surface area contributed by atoms with E-state index < -0.39 is 0 Å².